The van der Waals surface area contributed by atoms with Crippen LogP contribution in [0.2, 0.25) is 0 Å². The Morgan fingerprint density at radius 1 is 0.938 bits per heavy atom. The zero-order valence-electron chi connectivity index (χ0n) is 8.60. The van der Waals surface area contributed by atoms with Crippen molar-refractivity contribution in [3.8, 4) is 0 Å². The van der Waals surface area contributed by atoms with Crippen molar-refractivity contribution in [3.63, 3.8) is 0 Å². The Bertz CT molecular complexity index is 703. The molecule has 2 heteroatoms. The van der Waals surface area contributed by atoms with Gasteiger partial charge in [0, 0.05) is 17.5 Å². The fraction of sp³-hybridized carbons (Fsp3) is 0.0714. The minimum Gasteiger partial charge on any atom is -0.252 e. The van der Waals surface area contributed by atoms with Gasteiger partial charge in [-0.1, -0.05) is 30.3 Å². The highest BCUT2D eigenvalue weighted by Crippen LogP contribution is 2.32. The summed E-state index contributed by atoms with van der Waals surface area (Å²) in [4.78, 5) is 4.60. The van der Waals surface area contributed by atoms with Crippen molar-refractivity contribution < 1.29 is 0 Å². The lowest BCUT2D eigenvalue weighted by atomic mass is 9.92. The Kier molecular flexibility index (Phi) is 2.01. The monoisotopic (exact) mass is 271 g/mol. The fourth-order valence-corrected chi connectivity index (χ4v) is 2.54. The quantitative estimate of drug-likeness (QED) is 0.443. The van der Waals surface area contributed by atoms with Gasteiger partial charge in [-0.2, -0.15) is 0 Å². The SMILES string of the molecule is Br.c1ccc2c3c4ccc(nc4cc2c1)C3. The van der Waals surface area contributed by atoms with Crippen LogP contribution in [0.3, 0.4) is 0 Å². The average Bonchev–Trinajstić information content (AvgIpc) is 2.29. The molecule has 0 atom stereocenters. The summed E-state index contributed by atoms with van der Waals surface area (Å²) in [5.41, 5.74) is 3.80. The van der Waals surface area contributed by atoms with Crippen LogP contribution in [-0.4, -0.2) is 4.98 Å². The second kappa shape index (κ2) is 3.29. The van der Waals surface area contributed by atoms with Gasteiger partial charge in [0.15, 0.2) is 0 Å². The van der Waals surface area contributed by atoms with E-state index in [1.54, 1.807) is 0 Å². The molecular weight excluding hydrogens is 262 g/mol. The van der Waals surface area contributed by atoms with Gasteiger partial charge in [-0.3, -0.25) is 4.98 Å². The molecule has 78 valence electrons. The Morgan fingerprint density at radius 2 is 1.81 bits per heavy atom. The van der Waals surface area contributed by atoms with Gasteiger partial charge in [0.05, 0.1) is 5.52 Å². The number of nitrogens with zero attached hydrogens (tertiary/aromatic N) is 1. The van der Waals surface area contributed by atoms with Crippen molar-refractivity contribution in [1.82, 2.24) is 4.98 Å². The lowest BCUT2D eigenvalue weighted by Crippen LogP contribution is -2.02. The number of hydrogen-bond donors (Lipinski definition) is 0. The smallest absolute Gasteiger partial charge is 0.0714 e. The molecule has 0 N–H and O–H groups in total. The van der Waals surface area contributed by atoms with Gasteiger partial charge in [0.2, 0.25) is 0 Å². The number of fused-ring (bicyclic) bond motifs is 2. The second-order valence-corrected chi connectivity index (χ2v) is 4.12. The van der Waals surface area contributed by atoms with E-state index in [2.05, 4.69) is 47.4 Å². The van der Waals surface area contributed by atoms with Gasteiger partial charge in [-0.05, 0) is 28.5 Å². The van der Waals surface area contributed by atoms with Crippen molar-refractivity contribution in [2.75, 3.05) is 0 Å². The molecule has 1 aromatic heterocycles. The third-order valence-electron chi connectivity index (χ3n) is 3.24. The zero-order chi connectivity index (χ0) is 9.83. The number of aromatic nitrogens is 1. The molecule has 5 rings (SSSR count). The molecule has 2 heterocycles. The summed E-state index contributed by atoms with van der Waals surface area (Å²) in [6.45, 7) is 0. The third kappa shape index (κ3) is 1.14. The van der Waals surface area contributed by atoms with Gasteiger partial charge < -0.3 is 0 Å². The van der Waals surface area contributed by atoms with E-state index >= 15 is 0 Å². The summed E-state index contributed by atoms with van der Waals surface area (Å²) in [5, 5.41) is 4.01. The van der Waals surface area contributed by atoms with Crippen LogP contribution in [0.4, 0.5) is 0 Å². The first-order chi connectivity index (χ1) is 7.42. The molecule has 16 heavy (non-hydrogen) atoms. The molecule has 0 unspecified atom stereocenters. The Balaban J connectivity index is 0.000000810. The molecule has 0 spiro atoms. The van der Waals surface area contributed by atoms with Crippen molar-refractivity contribution in [2.24, 2.45) is 0 Å². The molecule has 0 saturated carbocycles. The highest BCUT2D eigenvalue weighted by Gasteiger charge is 2.14. The molecule has 1 nitrogen and oxygen atoms in total. The first-order valence-electron chi connectivity index (χ1n) is 5.22. The average molecular weight is 272 g/mol. The van der Waals surface area contributed by atoms with Gasteiger partial charge in [-0.15, -0.1) is 17.0 Å². The van der Waals surface area contributed by atoms with E-state index in [0.29, 0.717) is 0 Å². The summed E-state index contributed by atoms with van der Waals surface area (Å²) < 4.78 is 0. The van der Waals surface area contributed by atoms with Crippen LogP contribution < -0.4 is 0 Å². The van der Waals surface area contributed by atoms with E-state index in [-0.39, 0.29) is 17.0 Å². The van der Waals surface area contributed by atoms with Gasteiger partial charge in [0.1, 0.15) is 0 Å². The normalized spacial score (nSPS) is 12.2. The molecule has 2 aromatic carbocycles. The summed E-state index contributed by atoms with van der Waals surface area (Å²) in [7, 11) is 0. The molecule has 1 aliphatic carbocycles. The fourth-order valence-electron chi connectivity index (χ4n) is 2.54. The minimum atomic E-state index is 0. The first-order valence-corrected chi connectivity index (χ1v) is 5.22. The molecule has 2 aliphatic rings. The largest absolute Gasteiger partial charge is 0.252 e. The summed E-state index contributed by atoms with van der Waals surface area (Å²) in [6, 6.07) is 15.1. The predicted molar refractivity (Wildman–Crippen MR) is 72.4 cm³/mol. The Morgan fingerprint density at radius 3 is 2.69 bits per heavy atom. The van der Waals surface area contributed by atoms with Crippen LogP contribution in [-0.2, 0) is 6.42 Å². The van der Waals surface area contributed by atoms with E-state index in [9.17, 15) is 0 Å². The minimum absolute atomic E-state index is 0. The number of rotatable bonds is 0. The van der Waals surface area contributed by atoms with Crippen molar-refractivity contribution >= 4 is 38.7 Å². The highest BCUT2D eigenvalue weighted by atomic mass is 79.9. The van der Waals surface area contributed by atoms with Crippen LogP contribution >= 0.6 is 17.0 Å². The third-order valence-corrected chi connectivity index (χ3v) is 3.24. The van der Waals surface area contributed by atoms with Crippen molar-refractivity contribution in [3.05, 3.63) is 53.7 Å². The molecule has 0 fully saturated rings. The number of hydrogen-bond acceptors (Lipinski definition) is 1. The first kappa shape index (κ1) is 9.79. The molecule has 3 aromatic rings. The van der Waals surface area contributed by atoms with Gasteiger partial charge in [0.25, 0.3) is 0 Å². The van der Waals surface area contributed by atoms with E-state index in [1.165, 1.54) is 27.4 Å². The number of halogens is 1. The van der Waals surface area contributed by atoms with Crippen LogP contribution in [0, 0.1) is 0 Å². The van der Waals surface area contributed by atoms with E-state index in [1.807, 2.05) is 0 Å². The lowest BCUT2D eigenvalue weighted by Gasteiger charge is -2.16. The highest BCUT2D eigenvalue weighted by molar-refractivity contribution is 8.93. The number of benzene rings is 2. The lowest BCUT2D eigenvalue weighted by molar-refractivity contribution is 1.09. The molecule has 4 bridgehead atoms. The molecular formula is C14H10BrN. The molecule has 0 amide bonds. The maximum atomic E-state index is 4.60. The summed E-state index contributed by atoms with van der Waals surface area (Å²) in [6.07, 6.45) is 1.00. The van der Waals surface area contributed by atoms with Crippen LogP contribution in [0.5, 0.6) is 0 Å². The topological polar surface area (TPSA) is 12.9 Å². The molecule has 1 aliphatic heterocycles. The molecule has 0 radical (unpaired) electrons. The van der Waals surface area contributed by atoms with Gasteiger partial charge >= 0.3 is 0 Å². The second-order valence-electron chi connectivity index (χ2n) is 4.12. The Hall–Kier alpha value is -1.41. The standard InChI is InChI=1S/C14H9N.BrH/c1-2-4-11-9(3-1)7-14-12-6-5-10(15-14)8-13(11)12;/h1-7H,8H2;1H. The van der Waals surface area contributed by atoms with Crippen molar-refractivity contribution in [1.29, 1.82) is 0 Å². The van der Waals surface area contributed by atoms with Crippen LogP contribution in [0.25, 0.3) is 21.7 Å². The van der Waals surface area contributed by atoms with Gasteiger partial charge in [-0.25, -0.2) is 0 Å². The zero-order valence-corrected chi connectivity index (χ0v) is 10.3. The summed E-state index contributed by atoms with van der Waals surface area (Å²) in [5.74, 6) is 0. The van der Waals surface area contributed by atoms with E-state index < -0.39 is 0 Å². The maximum absolute atomic E-state index is 4.60. The van der Waals surface area contributed by atoms with E-state index in [0.717, 1.165) is 11.9 Å². The van der Waals surface area contributed by atoms with Crippen LogP contribution in [0.15, 0.2) is 42.5 Å². The van der Waals surface area contributed by atoms with Crippen LogP contribution in [0.1, 0.15) is 11.3 Å². The Labute approximate surface area is 104 Å². The molecule has 0 saturated heterocycles. The summed E-state index contributed by atoms with van der Waals surface area (Å²) >= 11 is 0. The van der Waals surface area contributed by atoms with Crippen molar-refractivity contribution in [2.45, 2.75) is 6.42 Å². The number of pyridine rings is 1. The maximum Gasteiger partial charge on any atom is 0.0714 e. The predicted octanol–water partition coefficient (Wildman–Crippen LogP) is 3.87. The van der Waals surface area contributed by atoms with E-state index in [4.69, 9.17) is 0 Å².